The minimum absolute atomic E-state index is 0.135. The van der Waals surface area contributed by atoms with Crippen LogP contribution in [0.3, 0.4) is 0 Å². The van der Waals surface area contributed by atoms with Crippen molar-refractivity contribution in [2.45, 2.75) is 56.7 Å². The van der Waals surface area contributed by atoms with Crippen LogP contribution >= 0.6 is 11.6 Å². The monoisotopic (exact) mass is 506 g/mol. The van der Waals surface area contributed by atoms with Crippen LogP contribution < -0.4 is 10.6 Å². The minimum Gasteiger partial charge on any atom is -0.352 e. The smallest absolute Gasteiger partial charge is 0.322 e. The molecule has 2 atom stereocenters. The summed E-state index contributed by atoms with van der Waals surface area (Å²) in [5.74, 6) is -0.361. The van der Waals surface area contributed by atoms with E-state index in [4.69, 9.17) is 11.6 Å². The number of carbonyl (C=O) groups excluding carboxylic acids is 3. The van der Waals surface area contributed by atoms with Gasteiger partial charge in [0.1, 0.15) is 6.04 Å². The summed E-state index contributed by atoms with van der Waals surface area (Å²) in [6.45, 7) is 0.206. The number of nitrogens with one attached hydrogen (secondary N) is 2. The Labute approximate surface area is 216 Å². The summed E-state index contributed by atoms with van der Waals surface area (Å²) < 4.78 is 0. The van der Waals surface area contributed by atoms with Crippen molar-refractivity contribution in [1.29, 1.82) is 0 Å². The lowest BCUT2D eigenvalue weighted by Crippen LogP contribution is -2.52. The summed E-state index contributed by atoms with van der Waals surface area (Å²) >= 11 is 6.07. The van der Waals surface area contributed by atoms with Crippen molar-refractivity contribution in [3.63, 3.8) is 0 Å². The molecule has 0 saturated heterocycles. The van der Waals surface area contributed by atoms with Gasteiger partial charge in [0.25, 0.3) is 5.91 Å². The molecule has 5 rings (SSSR count). The van der Waals surface area contributed by atoms with Crippen molar-refractivity contribution in [2.75, 3.05) is 13.6 Å². The molecule has 2 N–H and O–H groups in total. The van der Waals surface area contributed by atoms with Crippen molar-refractivity contribution >= 4 is 29.4 Å². The molecule has 3 aliphatic rings. The summed E-state index contributed by atoms with van der Waals surface area (Å²) in [4.78, 5) is 43.5. The lowest BCUT2D eigenvalue weighted by Gasteiger charge is -2.31. The molecule has 2 aromatic carbocycles. The van der Waals surface area contributed by atoms with E-state index in [-0.39, 0.29) is 30.4 Å². The maximum Gasteiger partial charge on any atom is 0.322 e. The number of hydrogen-bond acceptors (Lipinski definition) is 3. The molecule has 2 aromatic rings. The molecule has 1 saturated carbocycles. The van der Waals surface area contributed by atoms with Crippen LogP contribution in [0.1, 0.15) is 49.3 Å². The molecule has 0 radical (unpaired) electrons. The van der Waals surface area contributed by atoms with Gasteiger partial charge in [0, 0.05) is 24.5 Å². The van der Waals surface area contributed by atoms with Crippen LogP contribution in [0.2, 0.25) is 5.02 Å². The third-order valence-corrected chi connectivity index (χ3v) is 7.75. The molecule has 2 heterocycles. The Balaban J connectivity index is 1.46. The first-order valence-electron chi connectivity index (χ1n) is 12.6. The van der Waals surface area contributed by atoms with Crippen molar-refractivity contribution in [3.05, 3.63) is 82.0 Å². The summed E-state index contributed by atoms with van der Waals surface area (Å²) in [6.07, 6.45) is 5.74. The molecule has 188 valence electrons. The van der Waals surface area contributed by atoms with E-state index in [1.54, 1.807) is 24.1 Å². The highest BCUT2D eigenvalue weighted by Crippen LogP contribution is 2.37. The Morgan fingerprint density at radius 3 is 2.44 bits per heavy atom. The van der Waals surface area contributed by atoms with Gasteiger partial charge in [-0.25, -0.2) is 4.79 Å². The van der Waals surface area contributed by atoms with Crippen LogP contribution in [0, 0.1) is 0 Å². The van der Waals surface area contributed by atoms with Gasteiger partial charge in [-0.3, -0.25) is 14.5 Å². The zero-order valence-electron chi connectivity index (χ0n) is 20.4. The molecule has 1 fully saturated rings. The van der Waals surface area contributed by atoms with Gasteiger partial charge in [-0.2, -0.15) is 0 Å². The van der Waals surface area contributed by atoms with E-state index in [0.29, 0.717) is 22.7 Å². The predicted octanol–water partition coefficient (Wildman–Crippen LogP) is 4.19. The highest BCUT2D eigenvalue weighted by Gasteiger charge is 2.46. The normalized spacial score (nSPS) is 21.3. The van der Waals surface area contributed by atoms with E-state index in [0.717, 1.165) is 36.8 Å². The van der Waals surface area contributed by atoms with Crippen LogP contribution in [0.25, 0.3) is 0 Å². The molecule has 1 aliphatic carbocycles. The van der Waals surface area contributed by atoms with E-state index < -0.39 is 12.1 Å². The van der Waals surface area contributed by atoms with E-state index >= 15 is 0 Å². The number of halogens is 1. The zero-order valence-corrected chi connectivity index (χ0v) is 21.1. The maximum atomic E-state index is 14.0. The van der Waals surface area contributed by atoms with Gasteiger partial charge >= 0.3 is 6.03 Å². The molecule has 8 heteroatoms. The first-order chi connectivity index (χ1) is 17.4. The summed E-state index contributed by atoms with van der Waals surface area (Å²) in [7, 11) is 1.66. The van der Waals surface area contributed by atoms with E-state index in [9.17, 15) is 14.4 Å². The molecule has 36 heavy (non-hydrogen) atoms. The van der Waals surface area contributed by atoms with Crippen LogP contribution in [0.5, 0.6) is 0 Å². The lowest BCUT2D eigenvalue weighted by atomic mass is 9.94. The van der Waals surface area contributed by atoms with E-state index in [1.165, 1.54) is 11.3 Å². The molecule has 0 bridgehead atoms. The van der Waals surface area contributed by atoms with Gasteiger partial charge in [0.2, 0.25) is 5.91 Å². The van der Waals surface area contributed by atoms with Gasteiger partial charge in [0.05, 0.1) is 23.9 Å². The van der Waals surface area contributed by atoms with E-state index in [2.05, 4.69) is 10.6 Å². The lowest BCUT2D eigenvalue weighted by molar-refractivity contribution is -0.137. The Bertz CT molecular complexity index is 1180. The highest BCUT2D eigenvalue weighted by molar-refractivity contribution is 6.30. The fourth-order valence-corrected chi connectivity index (χ4v) is 5.60. The van der Waals surface area contributed by atoms with Crippen molar-refractivity contribution in [1.82, 2.24) is 20.4 Å². The molecule has 0 spiro atoms. The second-order valence-corrected chi connectivity index (χ2v) is 10.3. The average molecular weight is 507 g/mol. The van der Waals surface area contributed by atoms with Crippen molar-refractivity contribution < 1.29 is 14.4 Å². The molecule has 0 aromatic heterocycles. The summed E-state index contributed by atoms with van der Waals surface area (Å²) in [6, 6.07) is 15.5. The van der Waals surface area contributed by atoms with E-state index in [1.807, 2.05) is 42.5 Å². The van der Waals surface area contributed by atoms with Gasteiger partial charge in [0.15, 0.2) is 0 Å². The number of amides is 4. The summed E-state index contributed by atoms with van der Waals surface area (Å²) in [5.41, 5.74) is 2.89. The van der Waals surface area contributed by atoms with Gasteiger partial charge in [-0.05, 0) is 36.1 Å². The third-order valence-electron chi connectivity index (χ3n) is 7.49. The molecular weight excluding hydrogens is 476 g/mol. The standard InChI is InChI=1S/C28H31ClN4O3/c1-32-23-17-33(27(35)24(23)25(31-28(32)36)19-12-14-20(29)15-13-19)22(16-18-8-4-2-5-9-18)26(34)30-21-10-6-3-7-11-21/h2,4-5,8-9,12-15,21-22,25H,3,6-7,10-11,16-17H2,1H3,(H,30,34)(H,31,36)/t22-,25+/m1/s1. The quantitative estimate of drug-likeness (QED) is 0.616. The molecule has 0 unspecified atom stereocenters. The third kappa shape index (κ3) is 4.85. The number of nitrogens with zero attached hydrogens (tertiary/aromatic N) is 2. The topological polar surface area (TPSA) is 81.8 Å². The Kier molecular flexibility index (Phi) is 7.01. The second kappa shape index (κ2) is 10.3. The second-order valence-electron chi connectivity index (χ2n) is 9.84. The average Bonchev–Trinajstić information content (AvgIpc) is 3.23. The van der Waals surface area contributed by atoms with Crippen LogP contribution in [0.15, 0.2) is 65.9 Å². The van der Waals surface area contributed by atoms with Crippen LogP contribution in [-0.4, -0.2) is 53.3 Å². The van der Waals surface area contributed by atoms with Gasteiger partial charge < -0.3 is 15.5 Å². The SMILES string of the molecule is CN1C(=O)N[C@@H](c2ccc(Cl)cc2)C2=C1CN([C@H](Cc1ccccc1)C(=O)NC1CCCCC1)C2=O. The fourth-order valence-electron chi connectivity index (χ4n) is 5.47. The molecular formula is C28H31ClN4O3. The first-order valence-corrected chi connectivity index (χ1v) is 13.0. The fraction of sp³-hybridized carbons (Fsp3) is 0.393. The zero-order chi connectivity index (χ0) is 25.2. The largest absolute Gasteiger partial charge is 0.352 e. The maximum absolute atomic E-state index is 14.0. The number of carbonyl (C=O) groups is 3. The first kappa shape index (κ1) is 24.4. The number of benzene rings is 2. The summed E-state index contributed by atoms with van der Waals surface area (Å²) in [5, 5.41) is 6.75. The Morgan fingerprint density at radius 1 is 1.06 bits per heavy atom. The van der Waals surface area contributed by atoms with Gasteiger partial charge in [-0.1, -0.05) is 73.3 Å². The van der Waals surface area contributed by atoms with Crippen LogP contribution in [-0.2, 0) is 16.0 Å². The van der Waals surface area contributed by atoms with Gasteiger partial charge in [-0.15, -0.1) is 0 Å². The molecule has 7 nitrogen and oxygen atoms in total. The highest BCUT2D eigenvalue weighted by atomic mass is 35.5. The van der Waals surface area contributed by atoms with Crippen molar-refractivity contribution in [3.8, 4) is 0 Å². The molecule has 4 amide bonds. The van der Waals surface area contributed by atoms with Crippen molar-refractivity contribution in [2.24, 2.45) is 0 Å². The number of hydrogen-bond donors (Lipinski definition) is 2. The number of likely N-dealkylation sites (N-methyl/N-ethyl adjacent to an activating group) is 1. The Morgan fingerprint density at radius 2 is 1.75 bits per heavy atom. The number of urea groups is 1. The van der Waals surface area contributed by atoms with Crippen LogP contribution in [0.4, 0.5) is 4.79 Å². The Hall–Kier alpha value is -3.32. The number of rotatable bonds is 6. The minimum atomic E-state index is -0.679. The molecule has 2 aliphatic heterocycles. The predicted molar refractivity (Wildman–Crippen MR) is 138 cm³/mol.